The van der Waals surface area contributed by atoms with Gasteiger partial charge in [0.2, 0.25) is 0 Å². The zero-order valence-electron chi connectivity index (χ0n) is 12.5. The molecule has 0 aliphatic rings. The number of hydrogen-bond donors (Lipinski definition) is 3. The highest BCUT2D eigenvalue weighted by Crippen LogP contribution is 2.25. The van der Waals surface area contributed by atoms with Crippen LogP contribution in [0.5, 0.6) is 0 Å². The van der Waals surface area contributed by atoms with E-state index in [1.165, 1.54) is 0 Å². The normalized spacial score (nSPS) is 11.2. The second-order valence-electron chi connectivity index (χ2n) is 4.83. The minimum Gasteiger partial charge on any atom is -0.481 e. The third-order valence-electron chi connectivity index (χ3n) is 3.65. The fraction of sp³-hybridized carbons (Fsp3) is 0.846. The highest BCUT2D eigenvalue weighted by atomic mass is 16.4. The van der Waals surface area contributed by atoms with Crippen LogP contribution >= 0.6 is 0 Å². The number of amides is 2. The van der Waals surface area contributed by atoms with E-state index < -0.39 is 11.4 Å². The molecule has 0 saturated carbocycles. The van der Waals surface area contributed by atoms with E-state index in [-0.39, 0.29) is 12.6 Å². The molecule has 0 spiro atoms. The molecule has 0 aromatic heterocycles. The maximum absolute atomic E-state index is 11.8. The number of nitrogens with one attached hydrogen (secondary N) is 2. The third kappa shape index (κ3) is 5.46. The smallest absolute Gasteiger partial charge is 0.317 e. The summed E-state index contributed by atoms with van der Waals surface area (Å²) >= 11 is 0. The van der Waals surface area contributed by atoms with Gasteiger partial charge < -0.3 is 20.6 Å². The number of carbonyl (C=O) groups is 2. The van der Waals surface area contributed by atoms with Crippen LogP contribution in [0.25, 0.3) is 0 Å². The molecule has 0 bridgehead atoms. The average Bonchev–Trinajstić information content (AvgIpc) is 2.40. The Kier molecular flexibility index (Phi) is 8.14. The number of aliphatic carboxylic acids is 1. The first-order chi connectivity index (χ1) is 8.93. The lowest BCUT2D eigenvalue weighted by atomic mass is 9.82. The summed E-state index contributed by atoms with van der Waals surface area (Å²) in [5.74, 6) is -0.851. The zero-order valence-corrected chi connectivity index (χ0v) is 12.5. The predicted octanol–water partition coefficient (Wildman–Crippen LogP) is 1.13. The molecule has 0 fully saturated rings. The topological polar surface area (TPSA) is 81.7 Å². The molecule has 0 rings (SSSR count). The molecule has 0 aliphatic carbocycles. The molecular formula is C13H27N3O3. The average molecular weight is 273 g/mol. The molecule has 2 amide bonds. The van der Waals surface area contributed by atoms with E-state index in [4.69, 9.17) is 0 Å². The van der Waals surface area contributed by atoms with Crippen LogP contribution in [0.1, 0.15) is 33.1 Å². The maximum atomic E-state index is 11.8. The summed E-state index contributed by atoms with van der Waals surface area (Å²) in [6.07, 6.45) is 1.87. The lowest BCUT2D eigenvalue weighted by Crippen LogP contribution is -2.46. The van der Waals surface area contributed by atoms with Gasteiger partial charge in [0.15, 0.2) is 0 Å². The van der Waals surface area contributed by atoms with Crippen LogP contribution in [0.15, 0.2) is 0 Å². The Labute approximate surface area is 115 Å². The van der Waals surface area contributed by atoms with Gasteiger partial charge in [-0.15, -0.1) is 0 Å². The molecule has 0 aromatic carbocycles. The number of nitrogens with zero attached hydrogens (tertiary/aromatic N) is 1. The van der Waals surface area contributed by atoms with Gasteiger partial charge in [-0.2, -0.15) is 0 Å². The van der Waals surface area contributed by atoms with Crippen LogP contribution < -0.4 is 10.6 Å². The van der Waals surface area contributed by atoms with Crippen LogP contribution in [0, 0.1) is 5.41 Å². The van der Waals surface area contributed by atoms with E-state index in [0.717, 1.165) is 13.0 Å². The second-order valence-corrected chi connectivity index (χ2v) is 4.83. The van der Waals surface area contributed by atoms with Crippen LogP contribution in [-0.4, -0.2) is 55.7 Å². The summed E-state index contributed by atoms with van der Waals surface area (Å²) in [4.78, 5) is 24.7. The molecule has 3 N–H and O–H groups in total. The van der Waals surface area contributed by atoms with Gasteiger partial charge in [0.05, 0.1) is 5.41 Å². The summed E-state index contributed by atoms with van der Waals surface area (Å²) in [7, 11) is 3.58. The fourth-order valence-corrected chi connectivity index (χ4v) is 1.85. The molecule has 0 heterocycles. The van der Waals surface area contributed by atoms with Crippen molar-refractivity contribution in [3.63, 3.8) is 0 Å². The monoisotopic (exact) mass is 273 g/mol. The number of carbonyl (C=O) groups excluding carboxylic acids is 1. The molecule has 112 valence electrons. The predicted molar refractivity (Wildman–Crippen MR) is 75.2 cm³/mol. The standard InChI is InChI=1S/C13H27N3O3/c1-5-13(6-2,11(17)18)10-15-12(19)16(4)9-7-8-14-3/h14H,5-10H2,1-4H3,(H,15,19)(H,17,18). The minimum atomic E-state index is -0.860. The number of carboxylic acids is 1. The zero-order chi connectivity index (χ0) is 14.9. The van der Waals surface area contributed by atoms with Crippen molar-refractivity contribution in [1.82, 2.24) is 15.5 Å². The van der Waals surface area contributed by atoms with E-state index in [2.05, 4.69) is 10.6 Å². The van der Waals surface area contributed by atoms with E-state index in [9.17, 15) is 14.7 Å². The molecule has 0 aromatic rings. The van der Waals surface area contributed by atoms with Crippen molar-refractivity contribution in [2.24, 2.45) is 5.41 Å². The van der Waals surface area contributed by atoms with Gasteiger partial charge in [-0.25, -0.2) is 4.79 Å². The van der Waals surface area contributed by atoms with Crippen molar-refractivity contribution in [2.45, 2.75) is 33.1 Å². The van der Waals surface area contributed by atoms with Crippen molar-refractivity contribution >= 4 is 12.0 Å². The first-order valence-electron chi connectivity index (χ1n) is 6.80. The first kappa shape index (κ1) is 17.7. The quantitative estimate of drug-likeness (QED) is 0.550. The van der Waals surface area contributed by atoms with Gasteiger partial charge in [0, 0.05) is 20.1 Å². The van der Waals surface area contributed by atoms with E-state index >= 15 is 0 Å². The molecular weight excluding hydrogens is 246 g/mol. The van der Waals surface area contributed by atoms with Crippen LogP contribution in [0.2, 0.25) is 0 Å². The van der Waals surface area contributed by atoms with E-state index in [1.807, 2.05) is 20.9 Å². The lowest BCUT2D eigenvalue weighted by molar-refractivity contribution is -0.149. The molecule has 0 saturated heterocycles. The maximum Gasteiger partial charge on any atom is 0.317 e. The Morgan fingerprint density at radius 3 is 2.26 bits per heavy atom. The van der Waals surface area contributed by atoms with Crippen molar-refractivity contribution in [2.75, 3.05) is 33.7 Å². The largest absolute Gasteiger partial charge is 0.481 e. The number of rotatable bonds is 9. The highest BCUT2D eigenvalue weighted by molar-refractivity contribution is 5.78. The Balaban J connectivity index is 4.29. The number of carboxylic acid groups (broad SMARTS) is 1. The van der Waals surface area contributed by atoms with Crippen LogP contribution in [0.3, 0.4) is 0 Å². The lowest BCUT2D eigenvalue weighted by Gasteiger charge is -2.28. The van der Waals surface area contributed by atoms with Crippen LogP contribution in [0.4, 0.5) is 4.79 Å². The van der Waals surface area contributed by atoms with Crippen molar-refractivity contribution in [3.05, 3.63) is 0 Å². The fourth-order valence-electron chi connectivity index (χ4n) is 1.85. The van der Waals surface area contributed by atoms with Gasteiger partial charge in [-0.05, 0) is 32.9 Å². The van der Waals surface area contributed by atoms with Gasteiger partial charge in [-0.3, -0.25) is 4.79 Å². The van der Waals surface area contributed by atoms with E-state index in [0.29, 0.717) is 19.4 Å². The van der Waals surface area contributed by atoms with Crippen molar-refractivity contribution in [3.8, 4) is 0 Å². The van der Waals surface area contributed by atoms with E-state index in [1.54, 1.807) is 11.9 Å². The van der Waals surface area contributed by atoms with Gasteiger partial charge in [-0.1, -0.05) is 13.8 Å². The molecule has 19 heavy (non-hydrogen) atoms. The molecule has 0 radical (unpaired) electrons. The molecule has 6 heteroatoms. The summed E-state index contributed by atoms with van der Waals surface area (Å²) in [6.45, 7) is 5.33. The number of urea groups is 1. The van der Waals surface area contributed by atoms with Gasteiger partial charge in [0.25, 0.3) is 0 Å². The first-order valence-corrected chi connectivity index (χ1v) is 6.80. The Hall–Kier alpha value is -1.30. The van der Waals surface area contributed by atoms with Gasteiger partial charge >= 0.3 is 12.0 Å². The molecule has 0 aliphatic heterocycles. The number of hydrogen-bond acceptors (Lipinski definition) is 3. The molecule has 0 atom stereocenters. The Morgan fingerprint density at radius 2 is 1.84 bits per heavy atom. The van der Waals surface area contributed by atoms with Crippen molar-refractivity contribution < 1.29 is 14.7 Å². The minimum absolute atomic E-state index is 0.171. The molecule has 6 nitrogen and oxygen atoms in total. The van der Waals surface area contributed by atoms with Gasteiger partial charge in [0.1, 0.15) is 0 Å². The summed E-state index contributed by atoms with van der Waals surface area (Å²) < 4.78 is 0. The Morgan fingerprint density at radius 1 is 1.26 bits per heavy atom. The van der Waals surface area contributed by atoms with Crippen LogP contribution in [-0.2, 0) is 4.79 Å². The Bertz CT molecular complexity index is 291. The van der Waals surface area contributed by atoms with Crippen molar-refractivity contribution in [1.29, 1.82) is 0 Å². The summed E-state index contributed by atoms with van der Waals surface area (Å²) in [5, 5.41) is 15.0. The SMILES string of the molecule is CCC(CC)(CNC(=O)N(C)CCCNC)C(=O)O. The third-order valence-corrected chi connectivity index (χ3v) is 3.65. The summed E-state index contributed by atoms with van der Waals surface area (Å²) in [6, 6.07) is -0.219. The molecule has 0 unspecified atom stereocenters. The summed E-state index contributed by atoms with van der Waals surface area (Å²) in [5.41, 5.74) is -0.860. The second kappa shape index (κ2) is 8.74. The highest BCUT2D eigenvalue weighted by Gasteiger charge is 2.35.